The van der Waals surface area contributed by atoms with Gasteiger partial charge in [-0.05, 0) is 19.1 Å². The first kappa shape index (κ1) is 13.9. The minimum Gasteiger partial charge on any atom is -0.459 e. The molecule has 0 saturated heterocycles. The molecule has 106 valence electrons. The number of hydrogen-bond acceptors (Lipinski definition) is 4. The fourth-order valence-corrected chi connectivity index (χ4v) is 1.63. The second kappa shape index (κ2) is 6.55. The van der Waals surface area contributed by atoms with E-state index in [1.54, 1.807) is 25.4 Å². The van der Waals surface area contributed by atoms with Gasteiger partial charge in [-0.2, -0.15) is 0 Å². The standard InChI is InChI=1S/C13H16N4O3/c1-9(17-13(19)10-3-2-8-20-10)12(18)16-5-4-11-14-6-7-15-11/h2-3,6-9H,4-5H2,1H3,(H,14,15)(H,16,18)(H,17,19). The van der Waals surface area contributed by atoms with Crippen LogP contribution in [0.3, 0.4) is 0 Å². The molecule has 20 heavy (non-hydrogen) atoms. The van der Waals surface area contributed by atoms with E-state index in [1.807, 2.05) is 0 Å². The minimum absolute atomic E-state index is 0.181. The number of carbonyl (C=O) groups is 2. The summed E-state index contributed by atoms with van der Waals surface area (Å²) >= 11 is 0. The third-order valence-corrected chi connectivity index (χ3v) is 2.70. The van der Waals surface area contributed by atoms with E-state index in [2.05, 4.69) is 20.6 Å². The van der Waals surface area contributed by atoms with Crippen LogP contribution >= 0.6 is 0 Å². The fourth-order valence-electron chi connectivity index (χ4n) is 1.63. The Kier molecular flexibility index (Phi) is 4.54. The molecule has 3 N–H and O–H groups in total. The molecule has 0 aliphatic rings. The smallest absolute Gasteiger partial charge is 0.287 e. The van der Waals surface area contributed by atoms with E-state index < -0.39 is 11.9 Å². The molecule has 0 aromatic carbocycles. The van der Waals surface area contributed by atoms with Crippen LogP contribution in [0.4, 0.5) is 0 Å². The summed E-state index contributed by atoms with van der Waals surface area (Å²) in [5.41, 5.74) is 0. The number of imidazole rings is 1. The van der Waals surface area contributed by atoms with Gasteiger partial charge in [0, 0.05) is 25.4 Å². The number of carbonyl (C=O) groups excluding carboxylic acids is 2. The average Bonchev–Trinajstić information content (AvgIpc) is 3.11. The minimum atomic E-state index is -0.635. The van der Waals surface area contributed by atoms with E-state index in [0.29, 0.717) is 13.0 Å². The van der Waals surface area contributed by atoms with Gasteiger partial charge in [-0.1, -0.05) is 0 Å². The Morgan fingerprint density at radius 2 is 2.35 bits per heavy atom. The van der Waals surface area contributed by atoms with Gasteiger partial charge in [-0.3, -0.25) is 9.59 Å². The molecular weight excluding hydrogens is 260 g/mol. The van der Waals surface area contributed by atoms with E-state index in [9.17, 15) is 9.59 Å². The van der Waals surface area contributed by atoms with Crippen molar-refractivity contribution < 1.29 is 14.0 Å². The van der Waals surface area contributed by atoms with Crippen molar-refractivity contribution in [2.24, 2.45) is 0 Å². The molecule has 0 aliphatic carbocycles. The third-order valence-electron chi connectivity index (χ3n) is 2.70. The van der Waals surface area contributed by atoms with Crippen LogP contribution in [0.15, 0.2) is 35.2 Å². The molecule has 1 unspecified atom stereocenters. The molecule has 0 fully saturated rings. The average molecular weight is 276 g/mol. The largest absolute Gasteiger partial charge is 0.459 e. The molecule has 2 aromatic rings. The van der Waals surface area contributed by atoms with Gasteiger partial charge in [0.25, 0.3) is 5.91 Å². The predicted molar refractivity (Wildman–Crippen MR) is 70.9 cm³/mol. The Morgan fingerprint density at radius 3 is 3.00 bits per heavy atom. The van der Waals surface area contributed by atoms with Crippen LogP contribution in [0.2, 0.25) is 0 Å². The Bertz CT molecular complexity index is 548. The van der Waals surface area contributed by atoms with Crippen molar-refractivity contribution in [3.8, 4) is 0 Å². The molecule has 2 amide bonds. The van der Waals surface area contributed by atoms with Crippen molar-refractivity contribution in [2.75, 3.05) is 6.54 Å². The molecule has 7 heteroatoms. The van der Waals surface area contributed by atoms with Gasteiger partial charge in [0.2, 0.25) is 5.91 Å². The Hall–Kier alpha value is -2.57. The number of nitrogens with one attached hydrogen (secondary N) is 3. The maximum atomic E-state index is 11.8. The van der Waals surface area contributed by atoms with Gasteiger partial charge >= 0.3 is 0 Å². The quantitative estimate of drug-likeness (QED) is 0.714. The summed E-state index contributed by atoms with van der Waals surface area (Å²) in [5.74, 6) is 0.318. The molecule has 0 bridgehead atoms. The predicted octanol–water partition coefficient (Wildman–Crippen LogP) is 0.480. The lowest BCUT2D eigenvalue weighted by molar-refractivity contribution is -0.122. The normalized spacial score (nSPS) is 11.8. The van der Waals surface area contributed by atoms with Crippen molar-refractivity contribution in [2.45, 2.75) is 19.4 Å². The van der Waals surface area contributed by atoms with Gasteiger partial charge < -0.3 is 20.0 Å². The third kappa shape index (κ3) is 3.71. The molecule has 2 aromatic heterocycles. The number of amides is 2. The van der Waals surface area contributed by atoms with Crippen molar-refractivity contribution in [3.63, 3.8) is 0 Å². The summed E-state index contributed by atoms with van der Waals surface area (Å²) in [6.07, 6.45) is 5.40. The monoisotopic (exact) mass is 276 g/mol. The summed E-state index contributed by atoms with van der Waals surface area (Å²) in [6.45, 7) is 2.07. The highest BCUT2D eigenvalue weighted by Gasteiger charge is 2.17. The van der Waals surface area contributed by atoms with Crippen LogP contribution in [0, 0.1) is 0 Å². The van der Waals surface area contributed by atoms with Crippen LogP contribution < -0.4 is 10.6 Å². The topological polar surface area (TPSA) is 100 Å². The lowest BCUT2D eigenvalue weighted by Gasteiger charge is -2.12. The lowest BCUT2D eigenvalue weighted by atomic mass is 10.3. The molecule has 2 heterocycles. The highest BCUT2D eigenvalue weighted by atomic mass is 16.3. The number of furan rings is 1. The van der Waals surface area contributed by atoms with Gasteiger partial charge in [0.15, 0.2) is 5.76 Å². The van der Waals surface area contributed by atoms with Crippen molar-refractivity contribution in [1.29, 1.82) is 0 Å². The van der Waals surface area contributed by atoms with Crippen molar-refractivity contribution in [3.05, 3.63) is 42.4 Å². The summed E-state index contributed by atoms with van der Waals surface area (Å²) in [6, 6.07) is 2.52. The molecule has 0 radical (unpaired) electrons. The lowest BCUT2D eigenvalue weighted by Crippen LogP contribution is -2.45. The van der Waals surface area contributed by atoms with E-state index in [0.717, 1.165) is 5.82 Å². The zero-order valence-electron chi connectivity index (χ0n) is 11.1. The Labute approximate surface area is 115 Å². The number of H-pyrrole nitrogens is 1. The summed E-state index contributed by atoms with van der Waals surface area (Å²) in [7, 11) is 0. The molecule has 1 atom stereocenters. The van der Waals surface area contributed by atoms with Gasteiger partial charge in [0.05, 0.1) is 6.26 Å². The molecule has 0 spiro atoms. The van der Waals surface area contributed by atoms with Gasteiger partial charge in [0.1, 0.15) is 11.9 Å². The van der Waals surface area contributed by atoms with E-state index in [1.165, 1.54) is 12.3 Å². The van der Waals surface area contributed by atoms with E-state index >= 15 is 0 Å². The number of hydrogen-bond donors (Lipinski definition) is 3. The first-order chi connectivity index (χ1) is 9.66. The number of rotatable bonds is 6. The summed E-state index contributed by atoms with van der Waals surface area (Å²) in [5, 5.41) is 5.28. The number of aromatic amines is 1. The van der Waals surface area contributed by atoms with E-state index in [4.69, 9.17) is 4.42 Å². The zero-order chi connectivity index (χ0) is 14.4. The summed E-state index contributed by atoms with van der Waals surface area (Å²) in [4.78, 5) is 30.5. The first-order valence-corrected chi connectivity index (χ1v) is 6.27. The molecule has 0 aliphatic heterocycles. The number of nitrogens with zero attached hydrogens (tertiary/aromatic N) is 1. The van der Waals surface area contributed by atoms with Crippen LogP contribution in [-0.4, -0.2) is 34.4 Å². The van der Waals surface area contributed by atoms with Gasteiger partial charge in [-0.15, -0.1) is 0 Å². The molecule has 0 saturated carbocycles. The maximum Gasteiger partial charge on any atom is 0.287 e. The molecule has 7 nitrogen and oxygen atoms in total. The van der Waals surface area contributed by atoms with Gasteiger partial charge in [-0.25, -0.2) is 4.98 Å². The zero-order valence-corrected chi connectivity index (χ0v) is 11.1. The highest BCUT2D eigenvalue weighted by molar-refractivity contribution is 5.95. The second-order valence-corrected chi connectivity index (χ2v) is 4.25. The van der Waals surface area contributed by atoms with E-state index in [-0.39, 0.29) is 11.7 Å². The van der Waals surface area contributed by atoms with Crippen LogP contribution in [-0.2, 0) is 11.2 Å². The Morgan fingerprint density at radius 1 is 1.50 bits per heavy atom. The first-order valence-electron chi connectivity index (χ1n) is 6.27. The SMILES string of the molecule is CC(NC(=O)c1ccco1)C(=O)NCCc1ncc[nH]1. The second-order valence-electron chi connectivity index (χ2n) is 4.25. The van der Waals surface area contributed by atoms with Crippen molar-refractivity contribution >= 4 is 11.8 Å². The Balaban J connectivity index is 1.73. The maximum absolute atomic E-state index is 11.8. The molecule has 2 rings (SSSR count). The van der Waals surface area contributed by atoms with Crippen molar-refractivity contribution in [1.82, 2.24) is 20.6 Å². The van der Waals surface area contributed by atoms with Crippen LogP contribution in [0.25, 0.3) is 0 Å². The highest BCUT2D eigenvalue weighted by Crippen LogP contribution is 2.00. The molecular formula is C13H16N4O3. The summed E-state index contributed by atoms with van der Waals surface area (Å²) < 4.78 is 4.95. The van der Waals surface area contributed by atoms with Crippen LogP contribution in [0.1, 0.15) is 23.3 Å². The van der Waals surface area contributed by atoms with Crippen LogP contribution in [0.5, 0.6) is 0 Å². The number of aromatic nitrogens is 2. The fraction of sp³-hybridized carbons (Fsp3) is 0.308.